The molecule has 5 heteroatoms. The van der Waals surface area contributed by atoms with Crippen LogP contribution in [-0.2, 0) is 6.54 Å². The molecule has 1 aromatic heterocycles. The smallest absolute Gasteiger partial charge is 0.224 e. The number of anilines is 2. The van der Waals surface area contributed by atoms with E-state index in [1.807, 2.05) is 24.3 Å². The molecule has 21 heavy (non-hydrogen) atoms. The summed E-state index contributed by atoms with van der Waals surface area (Å²) < 4.78 is 0. The highest BCUT2D eigenvalue weighted by Gasteiger charge is 1.99. The molecule has 0 unspecified atom stereocenters. The summed E-state index contributed by atoms with van der Waals surface area (Å²) in [5.74, 6) is 1.51. The van der Waals surface area contributed by atoms with Crippen LogP contribution in [0.1, 0.15) is 12.0 Å². The van der Waals surface area contributed by atoms with Gasteiger partial charge >= 0.3 is 0 Å². The predicted octanol–water partition coefficient (Wildman–Crippen LogP) is 2.45. The van der Waals surface area contributed by atoms with Gasteiger partial charge in [-0.2, -0.15) is 4.98 Å². The lowest BCUT2D eigenvalue weighted by Gasteiger charge is -2.10. The van der Waals surface area contributed by atoms with Crippen molar-refractivity contribution in [1.29, 1.82) is 0 Å². The molecule has 5 nitrogen and oxygen atoms in total. The Morgan fingerprint density at radius 1 is 1.05 bits per heavy atom. The van der Waals surface area contributed by atoms with E-state index in [9.17, 15) is 0 Å². The van der Waals surface area contributed by atoms with E-state index in [0.717, 1.165) is 31.9 Å². The number of hydrogen-bond acceptors (Lipinski definition) is 5. The first kappa shape index (κ1) is 15.3. The molecule has 112 valence electrons. The van der Waals surface area contributed by atoms with Gasteiger partial charge in [0.15, 0.2) is 0 Å². The number of nitrogens with zero attached hydrogens (tertiary/aromatic N) is 3. The lowest BCUT2D eigenvalue weighted by Crippen LogP contribution is -2.17. The Kier molecular flexibility index (Phi) is 5.97. The first-order chi connectivity index (χ1) is 10.2. The molecule has 2 rings (SSSR count). The van der Waals surface area contributed by atoms with Crippen LogP contribution in [0.2, 0.25) is 0 Å². The van der Waals surface area contributed by atoms with Gasteiger partial charge in [-0.25, -0.2) is 4.98 Å². The first-order valence-corrected chi connectivity index (χ1v) is 7.23. The summed E-state index contributed by atoms with van der Waals surface area (Å²) in [6.07, 6.45) is 2.84. The van der Waals surface area contributed by atoms with Crippen molar-refractivity contribution in [2.75, 3.05) is 37.8 Å². The molecular formula is C16H23N5. The zero-order chi connectivity index (χ0) is 14.9. The van der Waals surface area contributed by atoms with Crippen molar-refractivity contribution in [3.8, 4) is 0 Å². The van der Waals surface area contributed by atoms with Crippen molar-refractivity contribution in [3.63, 3.8) is 0 Å². The van der Waals surface area contributed by atoms with E-state index >= 15 is 0 Å². The van der Waals surface area contributed by atoms with Gasteiger partial charge in [0.2, 0.25) is 5.95 Å². The highest BCUT2D eigenvalue weighted by molar-refractivity contribution is 5.40. The highest BCUT2D eigenvalue weighted by atomic mass is 15.1. The maximum absolute atomic E-state index is 4.46. The summed E-state index contributed by atoms with van der Waals surface area (Å²) in [5.41, 5.74) is 1.23. The predicted molar refractivity (Wildman–Crippen MR) is 87.5 cm³/mol. The Morgan fingerprint density at radius 2 is 1.86 bits per heavy atom. The van der Waals surface area contributed by atoms with Crippen molar-refractivity contribution in [2.45, 2.75) is 13.0 Å². The Hall–Kier alpha value is -2.14. The fourth-order valence-electron chi connectivity index (χ4n) is 1.93. The largest absolute Gasteiger partial charge is 0.366 e. The lowest BCUT2D eigenvalue weighted by atomic mass is 10.2. The average Bonchev–Trinajstić information content (AvgIpc) is 2.51. The van der Waals surface area contributed by atoms with Crippen LogP contribution in [-0.4, -0.2) is 42.1 Å². The minimum atomic E-state index is 0.673. The molecular weight excluding hydrogens is 262 g/mol. The van der Waals surface area contributed by atoms with Gasteiger partial charge in [0, 0.05) is 19.3 Å². The molecule has 0 fully saturated rings. The van der Waals surface area contributed by atoms with Crippen molar-refractivity contribution in [3.05, 3.63) is 48.2 Å². The normalized spacial score (nSPS) is 10.6. The van der Waals surface area contributed by atoms with E-state index in [2.05, 4.69) is 51.7 Å². The topological polar surface area (TPSA) is 53.1 Å². The van der Waals surface area contributed by atoms with E-state index in [0.29, 0.717) is 5.95 Å². The molecule has 1 heterocycles. The zero-order valence-electron chi connectivity index (χ0n) is 12.7. The quantitative estimate of drug-likeness (QED) is 0.730. The van der Waals surface area contributed by atoms with Gasteiger partial charge in [0.05, 0.1) is 0 Å². The number of nitrogens with one attached hydrogen (secondary N) is 2. The van der Waals surface area contributed by atoms with Crippen LogP contribution in [0.4, 0.5) is 11.8 Å². The number of aromatic nitrogens is 2. The summed E-state index contributed by atoms with van der Waals surface area (Å²) >= 11 is 0. The maximum Gasteiger partial charge on any atom is 0.224 e. The molecule has 0 radical (unpaired) electrons. The van der Waals surface area contributed by atoms with Crippen LogP contribution < -0.4 is 10.6 Å². The molecule has 0 bridgehead atoms. The van der Waals surface area contributed by atoms with Gasteiger partial charge < -0.3 is 15.5 Å². The maximum atomic E-state index is 4.46. The molecule has 0 amide bonds. The molecule has 0 aliphatic rings. The summed E-state index contributed by atoms with van der Waals surface area (Å²) in [6, 6.07) is 12.2. The number of rotatable bonds is 8. The second kappa shape index (κ2) is 8.21. The van der Waals surface area contributed by atoms with Crippen molar-refractivity contribution in [2.24, 2.45) is 0 Å². The van der Waals surface area contributed by atoms with Crippen LogP contribution in [0.5, 0.6) is 0 Å². The molecule has 0 aliphatic heterocycles. The van der Waals surface area contributed by atoms with Gasteiger partial charge in [0.25, 0.3) is 0 Å². The minimum Gasteiger partial charge on any atom is -0.366 e. The van der Waals surface area contributed by atoms with Gasteiger partial charge in [-0.1, -0.05) is 30.3 Å². The van der Waals surface area contributed by atoms with Crippen LogP contribution in [0.25, 0.3) is 0 Å². The summed E-state index contributed by atoms with van der Waals surface area (Å²) in [4.78, 5) is 10.9. The van der Waals surface area contributed by atoms with Gasteiger partial charge in [-0.05, 0) is 38.7 Å². The summed E-state index contributed by atoms with van der Waals surface area (Å²) in [6.45, 7) is 2.69. The van der Waals surface area contributed by atoms with Crippen LogP contribution >= 0.6 is 0 Å². The van der Waals surface area contributed by atoms with Gasteiger partial charge in [-0.15, -0.1) is 0 Å². The fourth-order valence-corrected chi connectivity index (χ4v) is 1.93. The average molecular weight is 285 g/mol. The highest BCUT2D eigenvalue weighted by Crippen LogP contribution is 2.08. The Balaban J connectivity index is 1.80. The third kappa shape index (κ3) is 5.79. The molecule has 0 saturated carbocycles. The van der Waals surface area contributed by atoms with Crippen LogP contribution in [0, 0.1) is 0 Å². The lowest BCUT2D eigenvalue weighted by molar-refractivity contribution is 0.405. The van der Waals surface area contributed by atoms with E-state index in [1.165, 1.54) is 5.56 Å². The fraction of sp³-hybridized carbons (Fsp3) is 0.375. The van der Waals surface area contributed by atoms with E-state index in [-0.39, 0.29) is 0 Å². The van der Waals surface area contributed by atoms with E-state index in [1.54, 1.807) is 6.20 Å². The standard InChI is InChI=1S/C16H23N5/c1-21(2)12-6-10-17-16-18-11-9-15(20-16)19-13-14-7-4-3-5-8-14/h3-5,7-9,11H,6,10,12-13H2,1-2H3,(H2,17,18,19,20). The van der Waals surface area contributed by atoms with Crippen molar-refractivity contribution < 1.29 is 0 Å². The monoisotopic (exact) mass is 285 g/mol. The summed E-state index contributed by atoms with van der Waals surface area (Å²) in [5, 5.41) is 6.56. The Bertz CT molecular complexity index is 527. The number of benzene rings is 1. The molecule has 0 atom stereocenters. The molecule has 2 N–H and O–H groups in total. The second-order valence-corrected chi connectivity index (χ2v) is 5.19. The molecule has 0 spiro atoms. The van der Waals surface area contributed by atoms with Crippen LogP contribution in [0.3, 0.4) is 0 Å². The third-order valence-electron chi connectivity index (χ3n) is 3.04. The SMILES string of the molecule is CN(C)CCCNc1nccc(NCc2ccccc2)n1. The molecule has 0 aliphatic carbocycles. The van der Waals surface area contributed by atoms with E-state index in [4.69, 9.17) is 0 Å². The Labute approximate surface area is 126 Å². The van der Waals surface area contributed by atoms with Gasteiger partial charge in [0.1, 0.15) is 5.82 Å². The van der Waals surface area contributed by atoms with E-state index < -0.39 is 0 Å². The van der Waals surface area contributed by atoms with Crippen LogP contribution in [0.15, 0.2) is 42.6 Å². The molecule has 1 aromatic carbocycles. The molecule has 0 saturated heterocycles. The Morgan fingerprint density at radius 3 is 2.62 bits per heavy atom. The molecule has 2 aromatic rings. The second-order valence-electron chi connectivity index (χ2n) is 5.19. The number of hydrogen-bond donors (Lipinski definition) is 2. The first-order valence-electron chi connectivity index (χ1n) is 7.23. The minimum absolute atomic E-state index is 0.673. The van der Waals surface area contributed by atoms with Crippen molar-refractivity contribution >= 4 is 11.8 Å². The third-order valence-corrected chi connectivity index (χ3v) is 3.04. The zero-order valence-corrected chi connectivity index (χ0v) is 12.7. The van der Waals surface area contributed by atoms with Crippen molar-refractivity contribution in [1.82, 2.24) is 14.9 Å². The summed E-state index contributed by atoms with van der Waals surface area (Å²) in [7, 11) is 4.15. The van der Waals surface area contributed by atoms with Gasteiger partial charge in [-0.3, -0.25) is 0 Å².